The van der Waals surface area contributed by atoms with E-state index in [1.54, 1.807) is 24.3 Å². The first-order chi connectivity index (χ1) is 11.2. The summed E-state index contributed by atoms with van der Waals surface area (Å²) in [6.45, 7) is 0.189. The molecule has 0 saturated carbocycles. The van der Waals surface area contributed by atoms with Crippen LogP contribution < -0.4 is 19.7 Å². The Hall–Kier alpha value is -2.86. The van der Waals surface area contributed by atoms with Crippen molar-refractivity contribution in [1.82, 2.24) is 5.32 Å². The molecular weight excluding hydrogens is 312 g/mol. The van der Waals surface area contributed by atoms with E-state index in [1.165, 1.54) is 4.90 Å². The third-order valence-electron chi connectivity index (χ3n) is 3.60. The maximum atomic E-state index is 12.7. The highest BCUT2D eigenvalue weighted by Crippen LogP contribution is 2.36. The van der Waals surface area contributed by atoms with E-state index in [2.05, 4.69) is 5.32 Å². The number of nitrogens with zero attached hydrogens (tertiary/aromatic N) is 1. The zero-order valence-electron chi connectivity index (χ0n) is 12.0. The SMILES string of the molecule is O=C1/C(=C\c2ccccc2)NC(=S)N1c1ccc2c(c1)OCO2. The molecule has 0 atom stereocenters. The minimum atomic E-state index is -0.197. The molecule has 0 spiro atoms. The molecule has 0 aromatic heterocycles. The van der Waals surface area contributed by atoms with Gasteiger partial charge >= 0.3 is 0 Å². The van der Waals surface area contributed by atoms with Crippen LogP contribution in [0.4, 0.5) is 5.69 Å². The quantitative estimate of drug-likeness (QED) is 0.680. The lowest BCUT2D eigenvalue weighted by atomic mass is 10.2. The van der Waals surface area contributed by atoms with Crippen LogP contribution >= 0.6 is 12.2 Å². The highest BCUT2D eigenvalue weighted by Gasteiger charge is 2.32. The summed E-state index contributed by atoms with van der Waals surface area (Å²) in [5, 5.41) is 3.31. The van der Waals surface area contributed by atoms with Gasteiger partial charge < -0.3 is 14.8 Å². The average molecular weight is 324 g/mol. The summed E-state index contributed by atoms with van der Waals surface area (Å²) in [7, 11) is 0. The van der Waals surface area contributed by atoms with Gasteiger partial charge in [-0.1, -0.05) is 30.3 Å². The monoisotopic (exact) mass is 324 g/mol. The molecule has 0 radical (unpaired) electrons. The van der Waals surface area contributed by atoms with Crippen molar-refractivity contribution in [2.45, 2.75) is 0 Å². The van der Waals surface area contributed by atoms with Crippen molar-refractivity contribution in [3.8, 4) is 11.5 Å². The van der Waals surface area contributed by atoms with Crippen LogP contribution in [-0.2, 0) is 4.79 Å². The summed E-state index contributed by atoms with van der Waals surface area (Å²) in [4.78, 5) is 14.1. The summed E-state index contributed by atoms with van der Waals surface area (Å²) < 4.78 is 10.6. The number of amides is 1. The van der Waals surface area contributed by atoms with Crippen LogP contribution in [0.2, 0.25) is 0 Å². The van der Waals surface area contributed by atoms with E-state index in [4.69, 9.17) is 21.7 Å². The second-order valence-electron chi connectivity index (χ2n) is 5.08. The Morgan fingerprint density at radius 1 is 1.09 bits per heavy atom. The van der Waals surface area contributed by atoms with Crippen molar-refractivity contribution in [3.05, 3.63) is 59.8 Å². The van der Waals surface area contributed by atoms with Gasteiger partial charge in [-0.15, -0.1) is 0 Å². The van der Waals surface area contributed by atoms with E-state index in [0.29, 0.717) is 28.0 Å². The van der Waals surface area contributed by atoms with Gasteiger partial charge in [-0.2, -0.15) is 0 Å². The zero-order valence-corrected chi connectivity index (χ0v) is 12.8. The number of hydrogen-bond donors (Lipinski definition) is 1. The molecule has 0 unspecified atom stereocenters. The van der Waals surface area contributed by atoms with Crippen LogP contribution in [0.5, 0.6) is 11.5 Å². The predicted octanol–water partition coefficient (Wildman–Crippen LogP) is 2.68. The fraction of sp³-hybridized carbons (Fsp3) is 0.0588. The first kappa shape index (κ1) is 13.8. The molecule has 23 heavy (non-hydrogen) atoms. The largest absolute Gasteiger partial charge is 0.454 e. The number of fused-ring (bicyclic) bond motifs is 1. The van der Waals surface area contributed by atoms with Crippen LogP contribution in [0.15, 0.2) is 54.2 Å². The molecule has 1 amide bonds. The molecule has 2 aliphatic heterocycles. The van der Waals surface area contributed by atoms with Gasteiger partial charge in [0.1, 0.15) is 5.70 Å². The smallest absolute Gasteiger partial charge is 0.281 e. The fourth-order valence-electron chi connectivity index (χ4n) is 2.51. The Morgan fingerprint density at radius 2 is 1.87 bits per heavy atom. The van der Waals surface area contributed by atoms with Crippen molar-refractivity contribution < 1.29 is 14.3 Å². The number of benzene rings is 2. The number of ether oxygens (including phenoxy) is 2. The summed E-state index contributed by atoms with van der Waals surface area (Å²) >= 11 is 5.30. The minimum absolute atomic E-state index is 0.189. The predicted molar refractivity (Wildman–Crippen MR) is 90.2 cm³/mol. The number of hydrogen-bond acceptors (Lipinski definition) is 4. The van der Waals surface area contributed by atoms with Crippen LogP contribution in [0.1, 0.15) is 5.56 Å². The second-order valence-corrected chi connectivity index (χ2v) is 5.46. The van der Waals surface area contributed by atoms with Crippen LogP contribution in [0.25, 0.3) is 6.08 Å². The molecule has 2 aliphatic rings. The van der Waals surface area contributed by atoms with E-state index in [0.717, 1.165) is 5.56 Å². The molecule has 5 nitrogen and oxygen atoms in total. The van der Waals surface area contributed by atoms with E-state index < -0.39 is 0 Å². The molecule has 2 heterocycles. The standard InChI is InChI=1S/C17H12N2O3S/c20-16-13(8-11-4-2-1-3-5-11)18-17(23)19(16)12-6-7-14-15(9-12)22-10-21-14/h1-9H,10H2,(H,18,23)/b13-8+. The molecule has 0 bridgehead atoms. The first-order valence-electron chi connectivity index (χ1n) is 7.04. The van der Waals surface area contributed by atoms with Gasteiger partial charge in [0, 0.05) is 6.07 Å². The van der Waals surface area contributed by atoms with Gasteiger partial charge in [0.2, 0.25) is 6.79 Å². The zero-order chi connectivity index (χ0) is 15.8. The molecular formula is C17H12N2O3S. The lowest BCUT2D eigenvalue weighted by molar-refractivity contribution is -0.113. The number of rotatable bonds is 2. The lowest BCUT2D eigenvalue weighted by Gasteiger charge is -2.14. The van der Waals surface area contributed by atoms with Crippen molar-refractivity contribution in [1.29, 1.82) is 0 Å². The molecule has 2 aromatic rings. The van der Waals surface area contributed by atoms with E-state index >= 15 is 0 Å². The van der Waals surface area contributed by atoms with Crippen LogP contribution in [0, 0.1) is 0 Å². The highest BCUT2D eigenvalue weighted by atomic mass is 32.1. The molecule has 0 aliphatic carbocycles. The normalized spacial score (nSPS) is 17.7. The van der Waals surface area contributed by atoms with Gasteiger partial charge in [-0.25, -0.2) is 0 Å². The lowest BCUT2D eigenvalue weighted by Crippen LogP contribution is -2.30. The molecule has 114 valence electrons. The Bertz CT molecular complexity index is 833. The average Bonchev–Trinajstić information content (AvgIpc) is 3.13. The van der Waals surface area contributed by atoms with Crippen LogP contribution in [0.3, 0.4) is 0 Å². The maximum Gasteiger partial charge on any atom is 0.281 e. The summed E-state index contributed by atoms with van der Waals surface area (Å²) in [5.74, 6) is 1.08. The summed E-state index contributed by atoms with van der Waals surface area (Å²) in [6, 6.07) is 14.9. The van der Waals surface area contributed by atoms with Gasteiger partial charge in [-0.3, -0.25) is 9.69 Å². The Morgan fingerprint density at radius 3 is 2.70 bits per heavy atom. The Labute approximate surface area is 138 Å². The topological polar surface area (TPSA) is 50.8 Å². The van der Waals surface area contributed by atoms with E-state index in [9.17, 15) is 4.79 Å². The third kappa shape index (κ3) is 2.43. The second kappa shape index (κ2) is 5.40. The first-order valence-corrected chi connectivity index (χ1v) is 7.45. The summed E-state index contributed by atoms with van der Waals surface area (Å²) in [5.41, 5.74) is 2.02. The van der Waals surface area contributed by atoms with E-state index in [-0.39, 0.29) is 12.7 Å². The molecule has 1 N–H and O–H groups in total. The van der Waals surface area contributed by atoms with E-state index in [1.807, 2.05) is 30.3 Å². The molecule has 4 rings (SSSR count). The van der Waals surface area contributed by atoms with Gasteiger partial charge in [0.15, 0.2) is 16.6 Å². The van der Waals surface area contributed by atoms with Gasteiger partial charge in [0.05, 0.1) is 5.69 Å². The van der Waals surface area contributed by atoms with Crippen molar-refractivity contribution in [2.24, 2.45) is 0 Å². The Kier molecular flexibility index (Phi) is 3.24. The van der Waals surface area contributed by atoms with Crippen molar-refractivity contribution >= 4 is 35.0 Å². The summed E-state index contributed by atoms with van der Waals surface area (Å²) in [6.07, 6.45) is 1.78. The molecule has 1 fully saturated rings. The number of anilines is 1. The number of carbonyl (C=O) groups excluding carboxylic acids is 1. The Balaban J connectivity index is 1.67. The minimum Gasteiger partial charge on any atom is -0.454 e. The molecule has 2 aromatic carbocycles. The van der Waals surface area contributed by atoms with Gasteiger partial charge in [0.25, 0.3) is 5.91 Å². The fourth-order valence-corrected chi connectivity index (χ4v) is 2.81. The number of thiocarbonyl (C=S) groups is 1. The number of nitrogens with one attached hydrogen (secondary N) is 1. The third-order valence-corrected chi connectivity index (χ3v) is 3.89. The maximum absolute atomic E-state index is 12.7. The van der Waals surface area contributed by atoms with Crippen molar-refractivity contribution in [2.75, 3.05) is 11.7 Å². The highest BCUT2D eigenvalue weighted by molar-refractivity contribution is 7.80. The van der Waals surface area contributed by atoms with Gasteiger partial charge in [-0.05, 0) is 36.0 Å². The molecule has 1 saturated heterocycles. The number of carbonyl (C=O) groups is 1. The van der Waals surface area contributed by atoms with Crippen LogP contribution in [-0.4, -0.2) is 17.8 Å². The molecule has 6 heteroatoms. The van der Waals surface area contributed by atoms with Crippen molar-refractivity contribution in [3.63, 3.8) is 0 Å².